The van der Waals surface area contributed by atoms with Crippen LogP contribution >= 0.6 is 11.6 Å². The lowest BCUT2D eigenvalue weighted by atomic mass is 10.1. The number of nitrogens with zero attached hydrogens (tertiary/aromatic N) is 3. The summed E-state index contributed by atoms with van der Waals surface area (Å²) >= 11 is 6.11. The lowest BCUT2D eigenvalue weighted by molar-refractivity contribution is 0.0930. The molecular formula is C26H23ClN4O3. The number of amides is 1. The van der Waals surface area contributed by atoms with Crippen molar-refractivity contribution in [1.29, 1.82) is 0 Å². The molecule has 1 atom stereocenters. The number of halogens is 1. The second-order valence-corrected chi connectivity index (χ2v) is 8.45. The van der Waals surface area contributed by atoms with Gasteiger partial charge in [-0.1, -0.05) is 77.8 Å². The van der Waals surface area contributed by atoms with Crippen LogP contribution in [-0.4, -0.2) is 20.3 Å². The summed E-state index contributed by atoms with van der Waals surface area (Å²) in [5.41, 5.74) is 1.16. The summed E-state index contributed by atoms with van der Waals surface area (Å²) in [6, 6.07) is 23.0. The molecule has 3 aromatic carbocycles. The zero-order valence-electron chi connectivity index (χ0n) is 18.7. The summed E-state index contributed by atoms with van der Waals surface area (Å²) in [5.74, 6) is -0.671. The zero-order valence-corrected chi connectivity index (χ0v) is 19.5. The van der Waals surface area contributed by atoms with Gasteiger partial charge in [0, 0.05) is 5.02 Å². The van der Waals surface area contributed by atoms with E-state index in [1.807, 2.05) is 68.4 Å². The summed E-state index contributed by atoms with van der Waals surface area (Å²) in [4.78, 5) is 39.7. The van der Waals surface area contributed by atoms with Crippen LogP contribution in [0.4, 0.5) is 0 Å². The Hall–Kier alpha value is -3.97. The van der Waals surface area contributed by atoms with Gasteiger partial charge in [-0.3, -0.25) is 14.2 Å². The van der Waals surface area contributed by atoms with Crippen LogP contribution in [0.1, 0.15) is 40.1 Å². The topological polar surface area (TPSA) is 86.0 Å². The van der Waals surface area contributed by atoms with Crippen molar-refractivity contribution in [3.8, 4) is 5.69 Å². The van der Waals surface area contributed by atoms with Gasteiger partial charge in [-0.25, -0.2) is 4.79 Å². The predicted molar refractivity (Wildman–Crippen MR) is 132 cm³/mol. The van der Waals surface area contributed by atoms with Gasteiger partial charge in [-0.2, -0.15) is 9.78 Å². The average molecular weight is 475 g/mol. The van der Waals surface area contributed by atoms with Gasteiger partial charge in [0.2, 0.25) is 5.69 Å². The van der Waals surface area contributed by atoms with Crippen LogP contribution in [0, 0.1) is 6.92 Å². The first kappa shape index (κ1) is 23.2. The van der Waals surface area contributed by atoms with Crippen LogP contribution in [0.15, 0.2) is 88.5 Å². The molecule has 4 aromatic rings. The fourth-order valence-corrected chi connectivity index (χ4v) is 3.84. The first-order chi connectivity index (χ1) is 16.3. The first-order valence-electron chi connectivity index (χ1n) is 10.7. The van der Waals surface area contributed by atoms with E-state index >= 15 is 0 Å². The first-order valence-corrected chi connectivity index (χ1v) is 11.1. The lowest BCUT2D eigenvalue weighted by Crippen LogP contribution is -2.46. The van der Waals surface area contributed by atoms with Crippen molar-refractivity contribution in [2.75, 3.05) is 0 Å². The molecule has 34 heavy (non-hydrogen) atoms. The zero-order chi connectivity index (χ0) is 24.2. The molecule has 1 heterocycles. The van der Waals surface area contributed by atoms with E-state index in [0.717, 1.165) is 25.9 Å². The molecule has 0 spiro atoms. The predicted octanol–water partition coefficient (Wildman–Crippen LogP) is 3.90. The minimum Gasteiger partial charge on any atom is -0.344 e. The SMILES string of the molecule is Cc1cccc(Cn2c(=O)c(C(=O)N[C@H](C)c3ccccc3)nn(-c3cccc(Cl)c3)c2=O)c1. The summed E-state index contributed by atoms with van der Waals surface area (Å²) in [7, 11) is 0. The number of aromatic nitrogens is 3. The normalized spacial score (nSPS) is 11.7. The molecule has 0 bridgehead atoms. The summed E-state index contributed by atoms with van der Waals surface area (Å²) in [6.07, 6.45) is 0. The molecule has 8 heteroatoms. The molecule has 7 nitrogen and oxygen atoms in total. The molecule has 1 aromatic heterocycles. The van der Waals surface area contributed by atoms with Crippen molar-refractivity contribution in [3.63, 3.8) is 0 Å². The molecule has 1 N–H and O–H groups in total. The number of hydrogen-bond donors (Lipinski definition) is 1. The molecule has 0 aliphatic heterocycles. The second kappa shape index (κ2) is 9.89. The molecule has 172 valence electrons. The van der Waals surface area contributed by atoms with Crippen molar-refractivity contribution >= 4 is 17.5 Å². The number of benzene rings is 3. The monoisotopic (exact) mass is 474 g/mol. The minimum absolute atomic E-state index is 0.00302. The molecule has 1 amide bonds. The van der Waals surface area contributed by atoms with E-state index in [1.165, 1.54) is 0 Å². The minimum atomic E-state index is -0.762. The van der Waals surface area contributed by atoms with Gasteiger partial charge < -0.3 is 5.32 Å². The van der Waals surface area contributed by atoms with Crippen molar-refractivity contribution in [3.05, 3.63) is 127 Å². The smallest absolute Gasteiger partial charge is 0.344 e. The lowest BCUT2D eigenvalue weighted by Gasteiger charge is -2.16. The van der Waals surface area contributed by atoms with Gasteiger partial charge in [-0.15, -0.1) is 0 Å². The highest BCUT2D eigenvalue weighted by Gasteiger charge is 2.22. The van der Waals surface area contributed by atoms with Gasteiger partial charge >= 0.3 is 5.69 Å². The Balaban J connectivity index is 1.82. The molecule has 0 unspecified atom stereocenters. The van der Waals surface area contributed by atoms with Gasteiger partial charge in [0.05, 0.1) is 18.3 Å². The third-order valence-corrected chi connectivity index (χ3v) is 5.63. The van der Waals surface area contributed by atoms with Crippen molar-refractivity contribution in [1.82, 2.24) is 19.7 Å². The van der Waals surface area contributed by atoms with E-state index in [0.29, 0.717) is 10.7 Å². The maximum atomic E-state index is 13.3. The van der Waals surface area contributed by atoms with E-state index in [-0.39, 0.29) is 18.3 Å². The largest absolute Gasteiger partial charge is 0.352 e. The Morgan fingerprint density at radius 2 is 1.74 bits per heavy atom. The molecular weight excluding hydrogens is 452 g/mol. The van der Waals surface area contributed by atoms with Crippen LogP contribution in [0.25, 0.3) is 5.69 Å². The Morgan fingerprint density at radius 3 is 2.44 bits per heavy atom. The Kier molecular flexibility index (Phi) is 6.75. The maximum Gasteiger partial charge on any atom is 0.352 e. The van der Waals surface area contributed by atoms with Crippen molar-refractivity contribution in [2.45, 2.75) is 26.4 Å². The number of carbonyl (C=O) groups excluding carboxylic acids is 1. The van der Waals surface area contributed by atoms with E-state index in [2.05, 4.69) is 10.4 Å². The van der Waals surface area contributed by atoms with Gasteiger partial charge in [0.15, 0.2) is 0 Å². The fourth-order valence-electron chi connectivity index (χ4n) is 3.66. The molecule has 0 saturated carbocycles. The summed E-state index contributed by atoms with van der Waals surface area (Å²) in [6.45, 7) is 3.73. The van der Waals surface area contributed by atoms with E-state index < -0.39 is 17.2 Å². The van der Waals surface area contributed by atoms with Gasteiger partial charge in [0.25, 0.3) is 11.5 Å². The molecule has 0 radical (unpaired) electrons. The highest BCUT2D eigenvalue weighted by atomic mass is 35.5. The van der Waals surface area contributed by atoms with Crippen LogP contribution in [0.3, 0.4) is 0 Å². The Morgan fingerprint density at radius 1 is 1.00 bits per heavy atom. The Labute approximate surface area is 201 Å². The number of aryl methyl sites for hydroxylation is 1. The van der Waals surface area contributed by atoms with Crippen LogP contribution in [0.2, 0.25) is 5.02 Å². The van der Waals surface area contributed by atoms with Gasteiger partial charge in [0.1, 0.15) is 0 Å². The average Bonchev–Trinajstić information content (AvgIpc) is 2.82. The van der Waals surface area contributed by atoms with Gasteiger partial charge in [-0.05, 0) is 43.2 Å². The van der Waals surface area contributed by atoms with E-state index in [1.54, 1.807) is 24.3 Å². The van der Waals surface area contributed by atoms with Crippen LogP contribution in [-0.2, 0) is 6.54 Å². The third kappa shape index (κ3) is 5.00. The fraction of sp³-hybridized carbons (Fsp3) is 0.154. The van der Waals surface area contributed by atoms with Crippen molar-refractivity contribution in [2.24, 2.45) is 0 Å². The molecule has 0 saturated heterocycles. The number of hydrogen-bond acceptors (Lipinski definition) is 4. The van der Waals surface area contributed by atoms with E-state index in [9.17, 15) is 14.4 Å². The van der Waals surface area contributed by atoms with E-state index in [4.69, 9.17) is 11.6 Å². The molecule has 0 aliphatic rings. The quantitative estimate of drug-likeness (QED) is 0.459. The highest BCUT2D eigenvalue weighted by molar-refractivity contribution is 6.30. The summed E-state index contributed by atoms with van der Waals surface area (Å²) in [5, 5.41) is 7.35. The second-order valence-electron chi connectivity index (χ2n) is 8.01. The van der Waals surface area contributed by atoms with Crippen LogP contribution in [0.5, 0.6) is 0 Å². The molecule has 4 rings (SSSR count). The standard InChI is InChI=1S/C26H23ClN4O3/c1-17-8-6-9-19(14-17)16-30-25(33)23(24(32)28-18(2)20-10-4-3-5-11-20)29-31(26(30)34)22-13-7-12-21(27)15-22/h3-15,18H,16H2,1-2H3,(H,28,32)/t18-/m1/s1. The maximum absolute atomic E-state index is 13.3. The number of rotatable bonds is 6. The van der Waals surface area contributed by atoms with Crippen molar-refractivity contribution < 1.29 is 4.79 Å². The highest BCUT2D eigenvalue weighted by Crippen LogP contribution is 2.14. The molecule has 0 fully saturated rings. The summed E-state index contributed by atoms with van der Waals surface area (Å²) < 4.78 is 2.05. The number of nitrogens with one attached hydrogen (secondary N) is 1. The molecule has 0 aliphatic carbocycles. The van der Waals surface area contributed by atoms with Crippen LogP contribution < -0.4 is 16.6 Å². The third-order valence-electron chi connectivity index (χ3n) is 5.40. The number of carbonyl (C=O) groups is 1. The Bertz CT molecular complexity index is 1460.